The number of rotatable bonds is 2. The van der Waals surface area contributed by atoms with Crippen molar-refractivity contribution in [2.24, 2.45) is 0 Å². The molecule has 0 atom stereocenters. The molecule has 0 aliphatic heterocycles. The van der Waals surface area contributed by atoms with Gasteiger partial charge in [-0.25, -0.2) is 0 Å². The third kappa shape index (κ3) is 2.44. The first-order valence-electron chi connectivity index (χ1n) is 10.6. The van der Waals surface area contributed by atoms with Crippen LogP contribution in [0.4, 0.5) is 0 Å². The molecule has 0 amide bonds. The van der Waals surface area contributed by atoms with E-state index in [1.165, 1.54) is 0 Å². The fraction of sp³-hybridized carbons (Fsp3) is 0. The van der Waals surface area contributed by atoms with Crippen molar-refractivity contribution in [1.82, 2.24) is 14.6 Å². The van der Waals surface area contributed by atoms with Gasteiger partial charge in [-0.3, -0.25) is 4.40 Å². The van der Waals surface area contributed by atoms with Gasteiger partial charge < -0.3 is 4.42 Å². The molecule has 7 aromatic rings. The maximum absolute atomic E-state index is 6.21. The first-order chi connectivity index (χ1) is 15.9. The average molecular weight is 411 g/mol. The first-order valence-corrected chi connectivity index (χ1v) is 10.6. The summed E-state index contributed by atoms with van der Waals surface area (Å²) < 4.78 is 8.27. The van der Waals surface area contributed by atoms with E-state index in [4.69, 9.17) is 4.42 Å². The average Bonchev–Trinajstić information content (AvgIpc) is 3.46. The lowest BCUT2D eigenvalue weighted by molar-refractivity contribution is 0.670. The molecule has 150 valence electrons. The SMILES string of the molecule is c1ccc2c(c1)ccn1c(-c3ccc(-c4cccc5c4oc4ccccc45)cc3)nnc21. The molecule has 0 radical (unpaired) electrons. The molecular weight excluding hydrogens is 394 g/mol. The van der Waals surface area contributed by atoms with Crippen LogP contribution in [0.15, 0.2) is 108 Å². The van der Waals surface area contributed by atoms with Crippen molar-refractivity contribution in [3.05, 3.63) is 103 Å². The van der Waals surface area contributed by atoms with E-state index in [-0.39, 0.29) is 0 Å². The largest absolute Gasteiger partial charge is 0.455 e. The third-order valence-corrected chi connectivity index (χ3v) is 6.16. The summed E-state index contributed by atoms with van der Waals surface area (Å²) in [6.45, 7) is 0. The number of para-hydroxylation sites is 2. The van der Waals surface area contributed by atoms with Gasteiger partial charge in [-0.2, -0.15) is 0 Å². The normalized spacial score (nSPS) is 11.8. The van der Waals surface area contributed by atoms with E-state index in [9.17, 15) is 0 Å². The Morgan fingerprint density at radius 2 is 1.34 bits per heavy atom. The number of fused-ring (bicyclic) bond motifs is 6. The lowest BCUT2D eigenvalue weighted by Crippen LogP contribution is -1.90. The van der Waals surface area contributed by atoms with Crippen molar-refractivity contribution >= 4 is 38.4 Å². The van der Waals surface area contributed by atoms with Crippen LogP contribution in [0.5, 0.6) is 0 Å². The van der Waals surface area contributed by atoms with Crippen LogP contribution >= 0.6 is 0 Å². The molecule has 4 nitrogen and oxygen atoms in total. The summed E-state index contributed by atoms with van der Waals surface area (Å²) in [6, 6.07) is 33.3. The van der Waals surface area contributed by atoms with Crippen molar-refractivity contribution in [2.45, 2.75) is 0 Å². The minimum absolute atomic E-state index is 0.833. The summed E-state index contributed by atoms with van der Waals surface area (Å²) in [5, 5.41) is 13.5. The first kappa shape index (κ1) is 17.3. The van der Waals surface area contributed by atoms with E-state index in [1.54, 1.807) is 0 Å². The zero-order valence-corrected chi connectivity index (χ0v) is 17.1. The Labute approximate surface area is 183 Å². The van der Waals surface area contributed by atoms with Gasteiger partial charge in [0.25, 0.3) is 0 Å². The molecule has 7 rings (SSSR count). The highest BCUT2D eigenvalue weighted by Gasteiger charge is 2.14. The topological polar surface area (TPSA) is 43.3 Å². The summed E-state index contributed by atoms with van der Waals surface area (Å²) >= 11 is 0. The van der Waals surface area contributed by atoms with Crippen molar-refractivity contribution in [1.29, 1.82) is 0 Å². The summed E-state index contributed by atoms with van der Waals surface area (Å²) in [5.41, 5.74) is 5.91. The highest BCUT2D eigenvalue weighted by Crippen LogP contribution is 2.36. The zero-order chi connectivity index (χ0) is 21.1. The fourth-order valence-corrected chi connectivity index (χ4v) is 4.59. The molecule has 3 aromatic heterocycles. The Morgan fingerprint density at radius 1 is 0.594 bits per heavy atom. The Morgan fingerprint density at radius 3 is 2.25 bits per heavy atom. The van der Waals surface area contributed by atoms with Gasteiger partial charge in [0.05, 0.1) is 0 Å². The molecule has 4 heteroatoms. The number of hydrogen-bond donors (Lipinski definition) is 0. The van der Waals surface area contributed by atoms with E-state index >= 15 is 0 Å². The molecule has 0 aliphatic carbocycles. The van der Waals surface area contributed by atoms with E-state index in [0.717, 1.165) is 60.9 Å². The van der Waals surface area contributed by atoms with Gasteiger partial charge in [-0.05, 0) is 23.1 Å². The van der Waals surface area contributed by atoms with Gasteiger partial charge >= 0.3 is 0 Å². The van der Waals surface area contributed by atoms with E-state index in [1.807, 2.05) is 36.5 Å². The van der Waals surface area contributed by atoms with E-state index in [2.05, 4.69) is 81.3 Å². The molecule has 0 fully saturated rings. The lowest BCUT2D eigenvalue weighted by atomic mass is 10.0. The van der Waals surface area contributed by atoms with Gasteiger partial charge in [0.2, 0.25) is 0 Å². The second kappa shape index (κ2) is 6.53. The van der Waals surface area contributed by atoms with E-state index in [0.29, 0.717) is 0 Å². The van der Waals surface area contributed by atoms with Crippen LogP contribution in [0, 0.1) is 0 Å². The van der Waals surface area contributed by atoms with Crippen molar-refractivity contribution in [3.63, 3.8) is 0 Å². The molecule has 0 spiro atoms. The molecule has 3 heterocycles. The molecule has 0 saturated carbocycles. The summed E-state index contributed by atoms with van der Waals surface area (Å²) in [6.07, 6.45) is 2.04. The predicted molar refractivity (Wildman–Crippen MR) is 129 cm³/mol. The second-order valence-electron chi connectivity index (χ2n) is 7.98. The number of hydrogen-bond acceptors (Lipinski definition) is 3. The molecule has 0 unspecified atom stereocenters. The molecule has 0 N–H and O–H groups in total. The minimum Gasteiger partial charge on any atom is -0.455 e. The number of furan rings is 1. The van der Waals surface area contributed by atoms with Crippen LogP contribution in [-0.2, 0) is 0 Å². The van der Waals surface area contributed by atoms with Gasteiger partial charge in [0.15, 0.2) is 11.5 Å². The van der Waals surface area contributed by atoms with Gasteiger partial charge in [-0.1, -0.05) is 84.9 Å². The maximum atomic E-state index is 6.21. The molecular formula is C28H17N3O. The fourth-order valence-electron chi connectivity index (χ4n) is 4.59. The summed E-state index contributed by atoms with van der Waals surface area (Å²) in [4.78, 5) is 0. The number of benzene rings is 4. The van der Waals surface area contributed by atoms with Crippen LogP contribution in [-0.4, -0.2) is 14.6 Å². The van der Waals surface area contributed by atoms with Crippen LogP contribution < -0.4 is 0 Å². The van der Waals surface area contributed by atoms with Crippen molar-refractivity contribution in [3.8, 4) is 22.5 Å². The van der Waals surface area contributed by atoms with Crippen molar-refractivity contribution < 1.29 is 4.42 Å². The highest BCUT2D eigenvalue weighted by atomic mass is 16.3. The number of pyridine rings is 1. The maximum Gasteiger partial charge on any atom is 0.168 e. The van der Waals surface area contributed by atoms with Crippen LogP contribution in [0.25, 0.3) is 60.9 Å². The second-order valence-corrected chi connectivity index (χ2v) is 7.98. The lowest BCUT2D eigenvalue weighted by Gasteiger charge is -2.06. The van der Waals surface area contributed by atoms with Crippen LogP contribution in [0.1, 0.15) is 0 Å². The van der Waals surface area contributed by atoms with Crippen LogP contribution in [0.3, 0.4) is 0 Å². The monoisotopic (exact) mass is 411 g/mol. The summed E-state index contributed by atoms with van der Waals surface area (Å²) in [7, 11) is 0. The van der Waals surface area contributed by atoms with Gasteiger partial charge in [0, 0.05) is 33.5 Å². The smallest absolute Gasteiger partial charge is 0.168 e. The number of aromatic nitrogens is 3. The Bertz CT molecular complexity index is 1770. The Hall–Kier alpha value is -4.44. The third-order valence-electron chi connectivity index (χ3n) is 6.16. The van der Waals surface area contributed by atoms with Gasteiger partial charge in [-0.15, -0.1) is 10.2 Å². The molecule has 0 saturated heterocycles. The Balaban J connectivity index is 1.36. The minimum atomic E-state index is 0.833. The molecule has 0 bridgehead atoms. The quantitative estimate of drug-likeness (QED) is 0.304. The summed E-state index contributed by atoms with van der Waals surface area (Å²) in [5.74, 6) is 0.833. The molecule has 0 aliphatic rings. The van der Waals surface area contributed by atoms with Crippen molar-refractivity contribution in [2.75, 3.05) is 0 Å². The zero-order valence-electron chi connectivity index (χ0n) is 17.1. The molecule has 4 aromatic carbocycles. The van der Waals surface area contributed by atoms with E-state index < -0.39 is 0 Å². The standard InChI is InChI=1S/C28H17N3O/c1-2-7-22-18(6-1)16-17-31-27(29-30-28(22)31)20-14-12-19(13-15-20)21-9-5-10-24-23-8-3-4-11-25(23)32-26(21)24/h1-17H. The Kier molecular flexibility index (Phi) is 3.52. The molecule has 32 heavy (non-hydrogen) atoms. The highest BCUT2D eigenvalue weighted by molar-refractivity contribution is 6.09. The number of nitrogens with zero attached hydrogens (tertiary/aromatic N) is 3. The predicted octanol–water partition coefficient (Wildman–Crippen LogP) is 7.12. The van der Waals surface area contributed by atoms with Gasteiger partial charge in [0.1, 0.15) is 11.2 Å². The van der Waals surface area contributed by atoms with Crippen LogP contribution in [0.2, 0.25) is 0 Å².